The molecule has 18 heavy (non-hydrogen) atoms. The van der Waals surface area contributed by atoms with Crippen molar-refractivity contribution >= 4 is 17.5 Å². The van der Waals surface area contributed by atoms with Crippen molar-refractivity contribution in [2.24, 2.45) is 0 Å². The number of carbonyl (C=O) groups excluding carboxylic acids is 1. The molecule has 0 fully saturated rings. The van der Waals surface area contributed by atoms with Gasteiger partial charge < -0.3 is 10.2 Å². The van der Waals surface area contributed by atoms with Crippen LogP contribution in [-0.2, 0) is 22.4 Å². The van der Waals surface area contributed by atoms with E-state index in [-0.39, 0.29) is 5.76 Å². The molecule has 0 spiro atoms. The van der Waals surface area contributed by atoms with Crippen LogP contribution in [0.25, 0.3) is 5.76 Å². The summed E-state index contributed by atoms with van der Waals surface area (Å²) in [5.74, 6) is -2.99. The third kappa shape index (κ3) is 2.59. The van der Waals surface area contributed by atoms with Gasteiger partial charge in [0.1, 0.15) is 5.76 Å². The summed E-state index contributed by atoms with van der Waals surface area (Å²) in [4.78, 5) is 21.4. The van der Waals surface area contributed by atoms with Crippen molar-refractivity contribution in [3.63, 3.8) is 0 Å². The van der Waals surface area contributed by atoms with Gasteiger partial charge in [0.15, 0.2) is 0 Å². The van der Waals surface area contributed by atoms with Crippen molar-refractivity contribution in [3.05, 3.63) is 41.0 Å². The van der Waals surface area contributed by atoms with Gasteiger partial charge in [-0.3, -0.25) is 4.79 Å². The first-order valence-electron chi connectivity index (χ1n) is 5.88. The van der Waals surface area contributed by atoms with Crippen molar-refractivity contribution in [2.45, 2.75) is 25.7 Å². The Morgan fingerprint density at radius 1 is 1.06 bits per heavy atom. The van der Waals surface area contributed by atoms with E-state index in [0.29, 0.717) is 5.56 Å². The highest BCUT2D eigenvalue weighted by molar-refractivity contribution is 6.38. The largest absolute Gasteiger partial charge is 0.507 e. The van der Waals surface area contributed by atoms with Gasteiger partial charge in [0, 0.05) is 11.6 Å². The molecule has 2 rings (SSSR count). The third-order valence-electron chi connectivity index (χ3n) is 3.12. The molecule has 0 radical (unpaired) electrons. The number of hydrogen-bond acceptors (Lipinski definition) is 3. The summed E-state index contributed by atoms with van der Waals surface area (Å²) in [5, 5.41) is 18.2. The van der Waals surface area contributed by atoms with Crippen LogP contribution in [0.1, 0.15) is 29.5 Å². The van der Waals surface area contributed by atoms with E-state index >= 15 is 0 Å². The molecule has 0 bridgehead atoms. The van der Waals surface area contributed by atoms with Gasteiger partial charge in [-0.1, -0.05) is 12.1 Å². The first-order chi connectivity index (χ1) is 8.58. The number of carbonyl (C=O) groups is 2. The standard InChI is InChI=1S/C14H14O4/c15-12(8-13(16)14(17)18)11-6-5-9-3-1-2-4-10(9)7-11/h5-8,15H,1-4H2,(H,17,18). The molecule has 1 aliphatic rings. The summed E-state index contributed by atoms with van der Waals surface area (Å²) >= 11 is 0. The van der Waals surface area contributed by atoms with E-state index in [2.05, 4.69) is 0 Å². The molecule has 1 aromatic carbocycles. The summed E-state index contributed by atoms with van der Waals surface area (Å²) in [5.41, 5.74) is 2.93. The van der Waals surface area contributed by atoms with Gasteiger partial charge in [0.25, 0.3) is 5.78 Å². The zero-order chi connectivity index (χ0) is 13.1. The number of carboxylic acids is 1. The fourth-order valence-electron chi connectivity index (χ4n) is 2.16. The molecule has 1 aromatic rings. The second kappa shape index (κ2) is 5.04. The molecule has 0 amide bonds. The molecule has 0 saturated carbocycles. The Bertz CT molecular complexity index is 529. The van der Waals surface area contributed by atoms with Crippen LogP contribution in [0.4, 0.5) is 0 Å². The predicted molar refractivity (Wildman–Crippen MR) is 66.3 cm³/mol. The van der Waals surface area contributed by atoms with Crippen molar-refractivity contribution in [1.29, 1.82) is 0 Å². The summed E-state index contributed by atoms with van der Waals surface area (Å²) < 4.78 is 0. The number of aliphatic hydroxyl groups excluding tert-OH is 1. The van der Waals surface area contributed by atoms with Crippen LogP contribution < -0.4 is 0 Å². The monoisotopic (exact) mass is 246 g/mol. The lowest BCUT2D eigenvalue weighted by atomic mass is 9.90. The maximum atomic E-state index is 11.0. The maximum absolute atomic E-state index is 11.0. The van der Waals surface area contributed by atoms with Crippen molar-refractivity contribution < 1.29 is 19.8 Å². The molecule has 4 nitrogen and oxygen atoms in total. The van der Waals surface area contributed by atoms with Crippen LogP contribution in [0.2, 0.25) is 0 Å². The Hall–Kier alpha value is -2.10. The number of fused-ring (bicyclic) bond motifs is 1. The number of ketones is 1. The fraction of sp³-hybridized carbons (Fsp3) is 0.286. The molecule has 4 heteroatoms. The number of rotatable bonds is 3. The third-order valence-corrected chi connectivity index (χ3v) is 3.12. The van der Waals surface area contributed by atoms with E-state index < -0.39 is 11.8 Å². The zero-order valence-electron chi connectivity index (χ0n) is 9.85. The van der Waals surface area contributed by atoms with Crippen LogP contribution >= 0.6 is 0 Å². The first-order valence-corrected chi connectivity index (χ1v) is 5.88. The molecule has 2 N–H and O–H groups in total. The molecule has 94 valence electrons. The maximum Gasteiger partial charge on any atom is 0.376 e. The second-order valence-corrected chi connectivity index (χ2v) is 4.39. The van der Waals surface area contributed by atoms with Crippen LogP contribution in [0.5, 0.6) is 0 Å². The highest BCUT2D eigenvalue weighted by atomic mass is 16.4. The van der Waals surface area contributed by atoms with Gasteiger partial charge in [0.2, 0.25) is 0 Å². The molecule has 0 atom stereocenters. The molecule has 0 heterocycles. The minimum Gasteiger partial charge on any atom is -0.507 e. The highest BCUT2D eigenvalue weighted by Gasteiger charge is 2.13. The molecule has 0 aliphatic heterocycles. The quantitative estimate of drug-likeness (QED) is 0.486. The SMILES string of the molecule is O=C(O)C(=O)C=C(O)c1ccc2c(c1)CCCC2. The predicted octanol–water partition coefficient (Wildman–Crippen LogP) is 2.12. The Kier molecular flexibility index (Phi) is 3.46. The average Bonchev–Trinajstić information content (AvgIpc) is 2.37. The summed E-state index contributed by atoms with van der Waals surface area (Å²) in [6, 6.07) is 5.47. The number of aryl methyl sites for hydroxylation is 2. The lowest BCUT2D eigenvalue weighted by molar-refractivity contribution is -0.146. The zero-order valence-corrected chi connectivity index (χ0v) is 9.85. The van der Waals surface area contributed by atoms with E-state index in [1.807, 2.05) is 12.1 Å². The van der Waals surface area contributed by atoms with Crippen LogP contribution in [-0.4, -0.2) is 22.0 Å². The van der Waals surface area contributed by atoms with Crippen LogP contribution in [0.3, 0.4) is 0 Å². The average molecular weight is 246 g/mol. The van der Waals surface area contributed by atoms with E-state index in [9.17, 15) is 14.7 Å². The number of benzene rings is 1. The fourth-order valence-corrected chi connectivity index (χ4v) is 2.16. The molecule has 0 saturated heterocycles. The van der Waals surface area contributed by atoms with Crippen molar-refractivity contribution in [3.8, 4) is 0 Å². The van der Waals surface area contributed by atoms with E-state index in [4.69, 9.17) is 5.11 Å². The Balaban J connectivity index is 2.28. The number of aliphatic carboxylic acids is 1. The Morgan fingerprint density at radius 3 is 2.39 bits per heavy atom. The highest BCUT2D eigenvalue weighted by Crippen LogP contribution is 2.24. The van der Waals surface area contributed by atoms with Gasteiger partial charge in [-0.05, 0) is 42.9 Å². The van der Waals surface area contributed by atoms with Crippen LogP contribution in [0.15, 0.2) is 24.3 Å². The normalized spacial score (nSPS) is 15.0. The van der Waals surface area contributed by atoms with Gasteiger partial charge in [-0.15, -0.1) is 0 Å². The lowest BCUT2D eigenvalue weighted by Gasteiger charge is -2.16. The van der Waals surface area contributed by atoms with E-state index in [1.165, 1.54) is 17.5 Å². The number of carboxylic acid groups (broad SMARTS) is 1. The van der Waals surface area contributed by atoms with E-state index in [1.54, 1.807) is 6.07 Å². The molecule has 0 aromatic heterocycles. The van der Waals surface area contributed by atoms with Crippen molar-refractivity contribution in [2.75, 3.05) is 0 Å². The van der Waals surface area contributed by atoms with Gasteiger partial charge in [-0.2, -0.15) is 0 Å². The number of aliphatic hydroxyl groups is 1. The van der Waals surface area contributed by atoms with E-state index in [0.717, 1.165) is 25.3 Å². The van der Waals surface area contributed by atoms with Gasteiger partial charge in [0.05, 0.1) is 0 Å². The molecular formula is C14H14O4. The van der Waals surface area contributed by atoms with Gasteiger partial charge >= 0.3 is 5.97 Å². The van der Waals surface area contributed by atoms with Crippen molar-refractivity contribution in [1.82, 2.24) is 0 Å². The number of hydrogen-bond donors (Lipinski definition) is 2. The molecule has 1 aliphatic carbocycles. The molecular weight excluding hydrogens is 232 g/mol. The first kappa shape index (κ1) is 12.4. The summed E-state index contributed by atoms with van der Waals surface area (Å²) in [7, 11) is 0. The smallest absolute Gasteiger partial charge is 0.376 e. The minimum absolute atomic E-state index is 0.296. The Morgan fingerprint density at radius 2 is 1.72 bits per heavy atom. The summed E-state index contributed by atoms with van der Waals surface area (Å²) in [6.07, 6.45) is 5.03. The second-order valence-electron chi connectivity index (χ2n) is 4.39. The Labute approximate surface area is 105 Å². The van der Waals surface area contributed by atoms with Crippen LogP contribution in [0, 0.1) is 0 Å². The lowest BCUT2D eigenvalue weighted by Crippen LogP contribution is -2.09. The van der Waals surface area contributed by atoms with Gasteiger partial charge in [-0.25, -0.2) is 4.79 Å². The topological polar surface area (TPSA) is 74.6 Å². The molecule has 0 unspecified atom stereocenters. The summed E-state index contributed by atoms with van der Waals surface area (Å²) in [6.45, 7) is 0. The minimum atomic E-state index is -1.57.